The minimum absolute atomic E-state index is 0.105. The van der Waals surface area contributed by atoms with Crippen molar-refractivity contribution in [2.45, 2.75) is 155 Å². The third-order valence-corrected chi connectivity index (χ3v) is 20.9. The van der Waals surface area contributed by atoms with Gasteiger partial charge in [0.1, 0.15) is 11.3 Å². The molecular formula is C88H86N2O2. The maximum atomic E-state index is 13.4. The number of phenolic OH excluding ortho intramolecular Hbond substituents is 1. The minimum atomic E-state index is -0.130. The van der Waals surface area contributed by atoms with E-state index in [1.165, 1.54) is 103 Å². The standard InChI is InChI=1S/C88H86N2O2/c1-54(2)64-35-15-17-37-66(64)58-29-19-30-59(49-58)67-39-23-43-78(84(67)91)89(62-33-20-31-60(50-62)87(5,6)7)80-52-76(56-25-11-12-26-56)69-46-48-75-81(53-77(57-27-13-14-28-57)70-45-47-74(80)82(69)83(70)75)90(63-34-21-32-61(51-63)88(8,9)10)79-44-24-42-73-72-41-22-40-71(85(72)92-86(73)79)68-38-18-16-36-65(68)55(3)4/h15-24,29-57,91H,11-14,25-28H2,1-10H3. The number of furan rings is 1. The first-order valence-electron chi connectivity index (χ1n) is 34.1. The van der Waals surface area contributed by atoms with Gasteiger partial charge in [0.25, 0.3) is 0 Å². The average molecular weight is 1200 g/mol. The molecule has 4 heteroatoms. The summed E-state index contributed by atoms with van der Waals surface area (Å²) in [5.41, 5.74) is 22.1. The second-order valence-corrected chi connectivity index (χ2v) is 29.5. The molecule has 4 nitrogen and oxygen atoms in total. The number of aromatic hydroxyl groups is 1. The highest BCUT2D eigenvalue weighted by Gasteiger charge is 2.33. The van der Waals surface area contributed by atoms with Crippen molar-refractivity contribution in [3.63, 3.8) is 0 Å². The van der Waals surface area contributed by atoms with Gasteiger partial charge in [0, 0.05) is 44.0 Å². The molecule has 0 aliphatic heterocycles. The van der Waals surface area contributed by atoms with Gasteiger partial charge in [-0.2, -0.15) is 0 Å². The maximum Gasteiger partial charge on any atom is 0.159 e. The van der Waals surface area contributed by atoms with Crippen LogP contribution in [-0.4, -0.2) is 5.11 Å². The quantitative estimate of drug-likeness (QED) is 0.117. The van der Waals surface area contributed by atoms with E-state index in [0.29, 0.717) is 23.7 Å². The molecule has 13 aromatic rings. The number of anilines is 6. The summed E-state index contributed by atoms with van der Waals surface area (Å²) in [4.78, 5) is 4.98. The molecule has 0 bridgehead atoms. The lowest BCUT2D eigenvalue weighted by atomic mass is 9.82. The monoisotopic (exact) mass is 1200 g/mol. The van der Waals surface area contributed by atoms with Gasteiger partial charge < -0.3 is 19.3 Å². The van der Waals surface area contributed by atoms with Gasteiger partial charge >= 0.3 is 0 Å². The molecule has 0 radical (unpaired) electrons. The molecule has 460 valence electrons. The van der Waals surface area contributed by atoms with Crippen LogP contribution in [0.15, 0.2) is 217 Å². The predicted octanol–water partition coefficient (Wildman–Crippen LogP) is 26.3. The Morgan fingerprint density at radius 1 is 0.370 bits per heavy atom. The molecule has 12 aromatic carbocycles. The van der Waals surface area contributed by atoms with Crippen molar-refractivity contribution in [3.8, 4) is 39.1 Å². The molecule has 1 N–H and O–H groups in total. The SMILES string of the molecule is CC(C)c1ccccc1-c1cccc(-c2cccc(N(c3cccc(C(C)(C)C)c3)c3cc(C4CCCC4)c4ccc5c(N(c6cccc(C(C)(C)C)c6)c6cccc7c6oc6c(-c8ccccc8C(C)C)cccc67)cc(C6CCCC6)c6ccc3c4c65)c2O)c1. The van der Waals surface area contributed by atoms with E-state index in [4.69, 9.17) is 4.42 Å². The summed E-state index contributed by atoms with van der Waals surface area (Å²) in [7, 11) is 0. The fourth-order valence-electron chi connectivity index (χ4n) is 16.1. The van der Waals surface area contributed by atoms with Crippen LogP contribution >= 0.6 is 0 Å². The fraction of sp³-hybridized carbons (Fsp3) is 0.273. The second kappa shape index (κ2) is 23.2. The van der Waals surface area contributed by atoms with Crippen molar-refractivity contribution < 1.29 is 9.52 Å². The molecule has 2 fully saturated rings. The zero-order valence-electron chi connectivity index (χ0n) is 55.4. The smallest absolute Gasteiger partial charge is 0.159 e. The molecule has 0 saturated heterocycles. The number of hydrogen-bond acceptors (Lipinski definition) is 4. The van der Waals surface area contributed by atoms with Crippen molar-refractivity contribution in [1.82, 2.24) is 0 Å². The van der Waals surface area contributed by atoms with E-state index in [0.717, 1.165) is 104 Å². The Balaban J connectivity index is 1.03. The summed E-state index contributed by atoms with van der Waals surface area (Å²) in [6.07, 6.45) is 9.45. The highest BCUT2D eigenvalue weighted by Crippen LogP contribution is 2.56. The molecule has 15 rings (SSSR count). The summed E-state index contributed by atoms with van der Waals surface area (Å²) in [6.45, 7) is 23.0. The molecule has 1 heterocycles. The van der Waals surface area contributed by atoms with Crippen LogP contribution in [0.1, 0.15) is 178 Å². The van der Waals surface area contributed by atoms with Crippen LogP contribution in [0.3, 0.4) is 0 Å². The lowest BCUT2D eigenvalue weighted by Gasteiger charge is -2.33. The van der Waals surface area contributed by atoms with Gasteiger partial charge in [-0.15, -0.1) is 0 Å². The van der Waals surface area contributed by atoms with Gasteiger partial charge in [0.2, 0.25) is 0 Å². The van der Waals surface area contributed by atoms with E-state index >= 15 is 0 Å². The summed E-state index contributed by atoms with van der Waals surface area (Å²) in [5, 5.41) is 23.3. The van der Waals surface area contributed by atoms with Crippen LogP contribution in [0.4, 0.5) is 34.1 Å². The van der Waals surface area contributed by atoms with Gasteiger partial charge in [-0.1, -0.05) is 253 Å². The number of hydrogen-bond donors (Lipinski definition) is 1. The summed E-state index contributed by atoms with van der Waals surface area (Å²) < 4.78 is 7.53. The molecule has 2 saturated carbocycles. The zero-order valence-corrected chi connectivity index (χ0v) is 55.4. The lowest BCUT2D eigenvalue weighted by molar-refractivity contribution is 0.478. The molecule has 92 heavy (non-hydrogen) atoms. The molecule has 2 aliphatic rings. The normalized spacial score (nSPS) is 14.4. The van der Waals surface area contributed by atoms with Crippen LogP contribution in [-0.2, 0) is 10.8 Å². The van der Waals surface area contributed by atoms with Crippen LogP contribution < -0.4 is 9.80 Å². The second-order valence-electron chi connectivity index (χ2n) is 29.5. The molecular weight excluding hydrogens is 1120 g/mol. The first-order chi connectivity index (χ1) is 44.5. The number of fused-ring (bicyclic) bond motifs is 3. The largest absolute Gasteiger partial charge is 0.505 e. The van der Waals surface area contributed by atoms with Crippen LogP contribution in [0.2, 0.25) is 0 Å². The van der Waals surface area contributed by atoms with Gasteiger partial charge in [0.05, 0.1) is 22.7 Å². The molecule has 0 spiro atoms. The third kappa shape index (κ3) is 10.2. The van der Waals surface area contributed by atoms with E-state index in [1.54, 1.807) is 0 Å². The van der Waals surface area contributed by atoms with E-state index in [-0.39, 0.29) is 16.6 Å². The maximum absolute atomic E-state index is 13.4. The number of rotatable bonds is 13. The molecule has 2 aliphatic carbocycles. The Bertz CT molecular complexity index is 4950. The van der Waals surface area contributed by atoms with Crippen molar-refractivity contribution in [1.29, 1.82) is 0 Å². The van der Waals surface area contributed by atoms with E-state index in [2.05, 4.69) is 291 Å². The molecule has 0 amide bonds. The van der Waals surface area contributed by atoms with Gasteiger partial charge in [-0.3, -0.25) is 0 Å². The average Bonchev–Trinajstić information content (AvgIpc) is 0.800. The Morgan fingerprint density at radius 2 is 0.793 bits per heavy atom. The molecule has 0 atom stereocenters. The van der Waals surface area contributed by atoms with Crippen LogP contribution in [0, 0.1) is 0 Å². The van der Waals surface area contributed by atoms with Crippen molar-refractivity contribution in [2.75, 3.05) is 9.80 Å². The van der Waals surface area contributed by atoms with Gasteiger partial charge in [-0.25, -0.2) is 0 Å². The Hall–Kier alpha value is -9.12. The van der Waals surface area contributed by atoms with Crippen LogP contribution in [0.25, 0.3) is 87.6 Å². The predicted molar refractivity (Wildman–Crippen MR) is 393 cm³/mol. The summed E-state index contributed by atoms with van der Waals surface area (Å²) in [6, 6.07) is 79.6. The minimum Gasteiger partial charge on any atom is -0.505 e. The number of para-hydroxylation sites is 3. The van der Waals surface area contributed by atoms with E-state index in [9.17, 15) is 5.11 Å². The van der Waals surface area contributed by atoms with Crippen LogP contribution in [0.5, 0.6) is 5.75 Å². The van der Waals surface area contributed by atoms with Crippen molar-refractivity contribution in [2.24, 2.45) is 0 Å². The Labute approximate surface area is 544 Å². The highest BCUT2D eigenvalue weighted by molar-refractivity contribution is 6.30. The topological polar surface area (TPSA) is 39.9 Å². The first kappa shape index (κ1) is 59.2. The first-order valence-corrected chi connectivity index (χ1v) is 34.1. The Morgan fingerprint density at radius 3 is 1.35 bits per heavy atom. The number of nitrogens with zero attached hydrogens (tertiary/aromatic N) is 2. The van der Waals surface area contributed by atoms with Crippen molar-refractivity contribution >= 4 is 88.4 Å². The zero-order chi connectivity index (χ0) is 63.3. The Kier molecular flexibility index (Phi) is 14.9. The summed E-state index contributed by atoms with van der Waals surface area (Å²) in [5.74, 6) is 1.74. The lowest BCUT2D eigenvalue weighted by Crippen LogP contribution is -2.16. The highest BCUT2D eigenvalue weighted by atomic mass is 16.3. The number of benzene rings is 12. The van der Waals surface area contributed by atoms with Crippen molar-refractivity contribution in [3.05, 3.63) is 246 Å². The fourth-order valence-corrected chi connectivity index (χ4v) is 16.1. The van der Waals surface area contributed by atoms with E-state index in [1.807, 2.05) is 0 Å². The number of phenols is 1. The van der Waals surface area contributed by atoms with Gasteiger partial charge in [0.15, 0.2) is 5.58 Å². The molecule has 1 aromatic heterocycles. The third-order valence-electron chi connectivity index (χ3n) is 20.9. The van der Waals surface area contributed by atoms with Gasteiger partial charge in [-0.05, 0) is 192 Å². The van der Waals surface area contributed by atoms with E-state index < -0.39 is 0 Å². The molecule has 0 unspecified atom stereocenters. The summed E-state index contributed by atoms with van der Waals surface area (Å²) >= 11 is 0.